The van der Waals surface area contributed by atoms with Crippen molar-refractivity contribution >= 4 is 34.1 Å². The first-order valence-corrected chi connectivity index (χ1v) is 7.44. The first kappa shape index (κ1) is 12.0. The van der Waals surface area contributed by atoms with E-state index in [0.717, 1.165) is 9.90 Å². The van der Waals surface area contributed by atoms with E-state index in [9.17, 15) is 0 Å². The van der Waals surface area contributed by atoms with Crippen LogP contribution in [-0.4, -0.2) is 41.7 Å². The summed E-state index contributed by atoms with van der Waals surface area (Å²) in [5.41, 5.74) is 5.81. The third-order valence-corrected chi connectivity index (χ3v) is 4.68. The number of likely N-dealkylation sites (tertiary alicyclic amines) is 1. The van der Waals surface area contributed by atoms with E-state index in [2.05, 4.69) is 21.6 Å². The summed E-state index contributed by atoms with van der Waals surface area (Å²) < 4.78 is 4.19. The Morgan fingerprint density at radius 1 is 1.50 bits per heavy atom. The Labute approximate surface area is 105 Å². The molecule has 6 heteroatoms. The van der Waals surface area contributed by atoms with Gasteiger partial charge in [0.05, 0.1) is 4.90 Å². The van der Waals surface area contributed by atoms with Gasteiger partial charge in [0.2, 0.25) is 0 Å². The van der Waals surface area contributed by atoms with E-state index in [1.807, 2.05) is 6.26 Å². The van der Waals surface area contributed by atoms with Crippen molar-refractivity contribution in [3.05, 3.63) is 0 Å². The van der Waals surface area contributed by atoms with Crippen molar-refractivity contribution in [1.82, 2.24) is 9.27 Å². The van der Waals surface area contributed by atoms with Crippen LogP contribution in [0.4, 0.5) is 10.8 Å². The van der Waals surface area contributed by atoms with E-state index in [4.69, 9.17) is 5.73 Å². The number of anilines is 2. The van der Waals surface area contributed by atoms with Gasteiger partial charge in [0.1, 0.15) is 5.00 Å². The van der Waals surface area contributed by atoms with Crippen molar-refractivity contribution in [3.63, 3.8) is 0 Å². The van der Waals surface area contributed by atoms with Crippen LogP contribution in [-0.2, 0) is 0 Å². The van der Waals surface area contributed by atoms with Gasteiger partial charge in [0.15, 0.2) is 5.82 Å². The molecule has 0 aromatic carbocycles. The molecule has 2 heterocycles. The third kappa shape index (κ3) is 2.61. The smallest absolute Gasteiger partial charge is 0.153 e. The predicted octanol–water partition coefficient (Wildman–Crippen LogP) is 1.95. The summed E-state index contributed by atoms with van der Waals surface area (Å²) in [7, 11) is 2.17. The number of rotatable bonds is 3. The summed E-state index contributed by atoms with van der Waals surface area (Å²) in [6.07, 6.45) is 4.43. The van der Waals surface area contributed by atoms with Crippen molar-refractivity contribution in [1.29, 1.82) is 0 Å². The second-order valence-corrected chi connectivity index (χ2v) is 5.74. The molecule has 0 saturated carbocycles. The average Bonchev–Trinajstić information content (AvgIpc) is 2.63. The topological polar surface area (TPSA) is 54.2 Å². The zero-order valence-corrected chi connectivity index (χ0v) is 11.3. The van der Waals surface area contributed by atoms with Gasteiger partial charge in [0.25, 0.3) is 0 Å². The van der Waals surface area contributed by atoms with Crippen molar-refractivity contribution in [2.24, 2.45) is 0 Å². The monoisotopic (exact) mass is 258 g/mol. The zero-order valence-electron chi connectivity index (χ0n) is 9.69. The Kier molecular flexibility index (Phi) is 3.94. The molecule has 1 aromatic heterocycles. The molecule has 2 rings (SSSR count). The normalized spacial score (nSPS) is 18.9. The molecule has 1 aliphatic rings. The molecular weight excluding hydrogens is 240 g/mol. The summed E-state index contributed by atoms with van der Waals surface area (Å²) in [4.78, 5) is 3.47. The molecule has 1 aliphatic heterocycles. The molecule has 90 valence electrons. The van der Waals surface area contributed by atoms with Crippen LogP contribution in [0.3, 0.4) is 0 Å². The molecular formula is C10H18N4S2. The fourth-order valence-corrected chi connectivity index (χ4v) is 3.53. The molecule has 1 fully saturated rings. The summed E-state index contributed by atoms with van der Waals surface area (Å²) in [5.74, 6) is 0.660. The van der Waals surface area contributed by atoms with Crippen molar-refractivity contribution < 1.29 is 0 Å². The lowest BCUT2D eigenvalue weighted by atomic mass is 10.1. The maximum Gasteiger partial charge on any atom is 0.153 e. The van der Waals surface area contributed by atoms with Crippen molar-refractivity contribution in [2.75, 3.05) is 37.4 Å². The van der Waals surface area contributed by atoms with Gasteiger partial charge >= 0.3 is 0 Å². The molecule has 0 atom stereocenters. The molecule has 0 radical (unpaired) electrons. The summed E-state index contributed by atoms with van der Waals surface area (Å²) in [6.45, 7) is 2.33. The minimum absolute atomic E-state index is 0.571. The Morgan fingerprint density at radius 3 is 2.81 bits per heavy atom. The zero-order chi connectivity index (χ0) is 11.5. The fourth-order valence-electron chi connectivity index (χ4n) is 1.92. The molecule has 16 heavy (non-hydrogen) atoms. The van der Waals surface area contributed by atoms with E-state index in [-0.39, 0.29) is 0 Å². The van der Waals surface area contributed by atoms with Crippen molar-refractivity contribution in [3.8, 4) is 0 Å². The first-order valence-electron chi connectivity index (χ1n) is 5.45. The maximum absolute atomic E-state index is 5.81. The highest BCUT2D eigenvalue weighted by Gasteiger charge is 2.19. The van der Waals surface area contributed by atoms with Crippen LogP contribution in [0, 0.1) is 0 Å². The minimum atomic E-state index is 0.571. The fraction of sp³-hybridized carbons (Fsp3) is 0.700. The molecule has 3 N–H and O–H groups in total. The van der Waals surface area contributed by atoms with Gasteiger partial charge in [-0.1, -0.05) is 0 Å². The largest absolute Gasteiger partial charge is 0.382 e. The lowest BCUT2D eigenvalue weighted by Crippen LogP contribution is -2.36. The van der Waals surface area contributed by atoms with Crippen LogP contribution in [0.5, 0.6) is 0 Å². The van der Waals surface area contributed by atoms with E-state index in [1.54, 1.807) is 11.8 Å². The standard InChI is InChI=1S/C10H18N4S2/c1-14-5-3-7(4-6-14)12-10-8(15-2)9(11)13-16-10/h7,12H,3-6H2,1-2H3,(H2,11,13). The van der Waals surface area contributed by atoms with Crippen LogP contribution in [0.25, 0.3) is 0 Å². The third-order valence-electron chi connectivity index (χ3n) is 2.93. The van der Waals surface area contributed by atoms with Gasteiger partial charge in [0, 0.05) is 6.04 Å². The van der Waals surface area contributed by atoms with Gasteiger partial charge < -0.3 is 16.0 Å². The van der Waals surface area contributed by atoms with Crippen LogP contribution < -0.4 is 11.1 Å². The number of nitrogen functional groups attached to an aromatic ring is 1. The number of piperidine rings is 1. The van der Waals surface area contributed by atoms with Crippen LogP contribution in [0.1, 0.15) is 12.8 Å². The molecule has 0 spiro atoms. The van der Waals surface area contributed by atoms with E-state index in [0.29, 0.717) is 11.9 Å². The number of aromatic nitrogens is 1. The molecule has 0 bridgehead atoms. The highest BCUT2D eigenvalue weighted by molar-refractivity contribution is 7.99. The van der Waals surface area contributed by atoms with Crippen molar-refractivity contribution in [2.45, 2.75) is 23.8 Å². The molecule has 4 nitrogen and oxygen atoms in total. The Hall–Kier alpha value is -0.460. The van der Waals surface area contributed by atoms with Crippen LogP contribution in [0.15, 0.2) is 4.90 Å². The highest BCUT2D eigenvalue weighted by atomic mass is 32.2. The number of nitrogens with one attached hydrogen (secondary N) is 1. The molecule has 1 aromatic rings. The molecule has 0 aliphatic carbocycles. The van der Waals surface area contributed by atoms with Crippen LogP contribution >= 0.6 is 23.3 Å². The second-order valence-electron chi connectivity index (χ2n) is 4.15. The lowest BCUT2D eigenvalue weighted by molar-refractivity contribution is 0.264. The molecule has 0 amide bonds. The predicted molar refractivity (Wildman–Crippen MR) is 72.4 cm³/mol. The quantitative estimate of drug-likeness (QED) is 0.812. The van der Waals surface area contributed by atoms with Gasteiger partial charge in [-0.25, -0.2) is 0 Å². The molecule has 0 unspecified atom stereocenters. The number of thioether (sulfide) groups is 1. The van der Waals surface area contributed by atoms with E-state index < -0.39 is 0 Å². The van der Waals surface area contributed by atoms with Gasteiger partial charge in [-0.3, -0.25) is 0 Å². The number of hydrogen-bond donors (Lipinski definition) is 2. The van der Waals surface area contributed by atoms with Gasteiger partial charge in [-0.2, -0.15) is 4.37 Å². The lowest BCUT2D eigenvalue weighted by Gasteiger charge is -2.29. The summed E-state index contributed by atoms with van der Waals surface area (Å²) >= 11 is 3.14. The number of nitrogens with two attached hydrogens (primary N) is 1. The number of hydrogen-bond acceptors (Lipinski definition) is 6. The Bertz CT molecular complexity index is 345. The Morgan fingerprint density at radius 2 is 2.19 bits per heavy atom. The highest BCUT2D eigenvalue weighted by Crippen LogP contribution is 2.35. The average molecular weight is 258 g/mol. The summed E-state index contributed by atoms with van der Waals surface area (Å²) in [6, 6.07) is 0.571. The van der Waals surface area contributed by atoms with E-state index in [1.165, 1.54) is 37.5 Å². The number of nitrogens with zero attached hydrogens (tertiary/aromatic N) is 2. The molecule has 1 saturated heterocycles. The second kappa shape index (κ2) is 5.25. The first-order chi connectivity index (χ1) is 7.70. The SMILES string of the molecule is CSc1c(N)nsc1NC1CCN(C)CC1. The van der Waals surface area contributed by atoms with Crippen LogP contribution in [0.2, 0.25) is 0 Å². The Balaban J connectivity index is 1.98. The maximum atomic E-state index is 5.81. The van der Waals surface area contributed by atoms with Gasteiger partial charge in [-0.15, -0.1) is 11.8 Å². The van der Waals surface area contributed by atoms with E-state index >= 15 is 0 Å². The summed E-state index contributed by atoms with van der Waals surface area (Å²) in [5, 5.41) is 4.71. The minimum Gasteiger partial charge on any atom is -0.382 e. The van der Waals surface area contributed by atoms with Gasteiger partial charge in [-0.05, 0) is 50.8 Å².